The minimum atomic E-state index is -0.382. The van der Waals surface area contributed by atoms with Crippen molar-refractivity contribution in [3.8, 4) is 0 Å². The quantitative estimate of drug-likeness (QED) is 0.870. The van der Waals surface area contributed by atoms with Crippen LogP contribution >= 0.6 is 0 Å². The van der Waals surface area contributed by atoms with Crippen molar-refractivity contribution in [2.24, 2.45) is 0 Å². The van der Waals surface area contributed by atoms with Gasteiger partial charge in [-0.25, -0.2) is 4.98 Å². The highest BCUT2D eigenvalue weighted by atomic mass is 16.5. The fourth-order valence-corrected chi connectivity index (χ4v) is 2.09. The number of fused-ring (bicyclic) bond motifs is 1. The van der Waals surface area contributed by atoms with E-state index >= 15 is 0 Å². The van der Waals surface area contributed by atoms with Gasteiger partial charge in [0.15, 0.2) is 0 Å². The molecule has 0 amide bonds. The topological polar surface area (TPSA) is 47.3 Å². The molecule has 0 bridgehead atoms. The molecule has 0 saturated heterocycles. The molecule has 0 spiro atoms. The number of aliphatic hydroxyl groups is 1. The van der Waals surface area contributed by atoms with E-state index in [9.17, 15) is 5.11 Å². The second kappa shape index (κ2) is 5.72. The Morgan fingerprint density at radius 1 is 1.37 bits per heavy atom. The lowest BCUT2D eigenvalue weighted by atomic mass is 10.00. The Hall–Kier alpha value is -1.39. The van der Waals surface area contributed by atoms with Crippen molar-refractivity contribution in [3.63, 3.8) is 0 Å². The Bertz CT molecular complexity index is 534. The number of aromatic nitrogens is 2. The van der Waals surface area contributed by atoms with Crippen LogP contribution in [0.2, 0.25) is 0 Å². The van der Waals surface area contributed by atoms with Crippen LogP contribution in [0.15, 0.2) is 30.6 Å². The summed E-state index contributed by atoms with van der Waals surface area (Å²) in [6.07, 6.45) is 2.95. The van der Waals surface area contributed by atoms with Gasteiger partial charge in [0.2, 0.25) is 0 Å². The smallest absolute Gasteiger partial charge is 0.0959 e. The van der Waals surface area contributed by atoms with Crippen LogP contribution in [-0.2, 0) is 11.3 Å². The number of benzene rings is 1. The first kappa shape index (κ1) is 14.0. The number of aliphatic hydroxyl groups excluding tert-OH is 1. The molecule has 4 heteroatoms. The Labute approximate surface area is 114 Å². The van der Waals surface area contributed by atoms with Crippen LogP contribution in [0.5, 0.6) is 0 Å². The Morgan fingerprint density at radius 3 is 2.84 bits per heavy atom. The molecule has 2 rings (SSSR count). The number of rotatable bonds is 6. The average Bonchev–Trinajstić information content (AvgIpc) is 2.80. The van der Waals surface area contributed by atoms with Crippen molar-refractivity contribution < 1.29 is 9.84 Å². The summed E-state index contributed by atoms with van der Waals surface area (Å²) < 4.78 is 7.36. The van der Waals surface area contributed by atoms with Gasteiger partial charge in [0.05, 0.1) is 35.6 Å². The number of para-hydroxylation sites is 2. The van der Waals surface area contributed by atoms with E-state index in [1.807, 2.05) is 42.7 Å². The van der Waals surface area contributed by atoms with Gasteiger partial charge in [-0.1, -0.05) is 12.1 Å². The molecule has 19 heavy (non-hydrogen) atoms. The number of imidazole rings is 1. The molecule has 1 unspecified atom stereocenters. The number of ether oxygens (including phenoxy) is 1. The van der Waals surface area contributed by atoms with Crippen LogP contribution in [0.25, 0.3) is 11.0 Å². The zero-order valence-corrected chi connectivity index (χ0v) is 11.8. The van der Waals surface area contributed by atoms with E-state index in [-0.39, 0.29) is 11.7 Å². The monoisotopic (exact) mass is 262 g/mol. The zero-order chi connectivity index (χ0) is 13.9. The third kappa shape index (κ3) is 3.55. The van der Waals surface area contributed by atoms with Crippen molar-refractivity contribution in [2.75, 3.05) is 7.11 Å². The summed E-state index contributed by atoms with van der Waals surface area (Å²) >= 11 is 0. The van der Waals surface area contributed by atoms with E-state index < -0.39 is 0 Å². The fraction of sp³-hybridized carbons (Fsp3) is 0.533. The molecule has 1 heterocycles. The summed E-state index contributed by atoms with van der Waals surface area (Å²) in [7, 11) is 1.70. The van der Waals surface area contributed by atoms with Crippen molar-refractivity contribution in [1.82, 2.24) is 9.55 Å². The summed E-state index contributed by atoms with van der Waals surface area (Å²) in [5, 5.41) is 10.1. The molecule has 0 aliphatic rings. The van der Waals surface area contributed by atoms with E-state index in [4.69, 9.17) is 4.74 Å². The van der Waals surface area contributed by atoms with Crippen molar-refractivity contribution >= 4 is 11.0 Å². The maximum Gasteiger partial charge on any atom is 0.0959 e. The van der Waals surface area contributed by atoms with Crippen LogP contribution in [0.3, 0.4) is 0 Å². The first-order valence-corrected chi connectivity index (χ1v) is 6.65. The van der Waals surface area contributed by atoms with Crippen LogP contribution in [0.1, 0.15) is 26.7 Å². The maximum atomic E-state index is 10.1. The number of nitrogens with zero attached hydrogens (tertiary/aromatic N) is 2. The summed E-state index contributed by atoms with van der Waals surface area (Å²) in [5.74, 6) is 0. The lowest BCUT2D eigenvalue weighted by Crippen LogP contribution is -2.26. The fourth-order valence-electron chi connectivity index (χ4n) is 2.09. The molecule has 4 nitrogen and oxygen atoms in total. The molecule has 1 atom stereocenters. The van der Waals surface area contributed by atoms with Crippen LogP contribution in [0, 0.1) is 0 Å². The molecule has 1 N–H and O–H groups in total. The summed E-state index contributed by atoms with van der Waals surface area (Å²) in [4.78, 5) is 4.32. The van der Waals surface area contributed by atoms with Crippen LogP contribution in [0.4, 0.5) is 0 Å². The summed E-state index contributed by atoms with van der Waals surface area (Å²) in [6, 6.07) is 7.96. The molecule has 2 aromatic rings. The minimum absolute atomic E-state index is 0.183. The van der Waals surface area contributed by atoms with Gasteiger partial charge in [-0.3, -0.25) is 0 Å². The summed E-state index contributed by atoms with van der Waals surface area (Å²) in [6.45, 7) is 4.64. The Kier molecular flexibility index (Phi) is 4.22. The molecule has 0 fully saturated rings. The van der Waals surface area contributed by atoms with E-state index in [2.05, 4.69) is 4.98 Å². The number of hydrogen-bond donors (Lipinski definition) is 1. The van der Waals surface area contributed by atoms with Crippen LogP contribution < -0.4 is 0 Å². The van der Waals surface area contributed by atoms with E-state index in [1.165, 1.54) is 0 Å². The lowest BCUT2D eigenvalue weighted by molar-refractivity contribution is 0.00154. The summed E-state index contributed by atoms with van der Waals surface area (Å²) in [5.41, 5.74) is 1.84. The molecular weight excluding hydrogens is 240 g/mol. The van der Waals surface area contributed by atoms with Gasteiger partial charge in [-0.05, 0) is 38.8 Å². The highest BCUT2D eigenvalue weighted by Crippen LogP contribution is 2.18. The molecule has 0 aliphatic carbocycles. The van der Waals surface area contributed by atoms with Crippen LogP contribution in [-0.4, -0.2) is 33.5 Å². The normalized spacial score (nSPS) is 13.9. The van der Waals surface area contributed by atoms with Gasteiger partial charge in [0.1, 0.15) is 0 Å². The van der Waals surface area contributed by atoms with E-state index in [1.54, 1.807) is 13.4 Å². The predicted octanol–water partition coefficient (Wildman–Crippen LogP) is 2.60. The van der Waals surface area contributed by atoms with Gasteiger partial charge in [0, 0.05) is 7.11 Å². The zero-order valence-electron chi connectivity index (χ0n) is 11.8. The van der Waals surface area contributed by atoms with Crippen molar-refractivity contribution in [3.05, 3.63) is 30.6 Å². The van der Waals surface area contributed by atoms with E-state index in [0.29, 0.717) is 13.0 Å². The van der Waals surface area contributed by atoms with Crippen molar-refractivity contribution in [1.29, 1.82) is 0 Å². The molecule has 0 aliphatic heterocycles. The molecule has 0 radical (unpaired) electrons. The second-order valence-corrected chi connectivity index (χ2v) is 5.54. The highest BCUT2D eigenvalue weighted by molar-refractivity contribution is 5.74. The average molecular weight is 262 g/mol. The second-order valence-electron chi connectivity index (χ2n) is 5.54. The van der Waals surface area contributed by atoms with Gasteiger partial charge in [-0.15, -0.1) is 0 Å². The molecule has 1 aromatic carbocycles. The highest BCUT2D eigenvalue weighted by Gasteiger charge is 2.18. The van der Waals surface area contributed by atoms with Gasteiger partial charge >= 0.3 is 0 Å². The minimum Gasteiger partial charge on any atom is -0.391 e. The number of hydrogen-bond acceptors (Lipinski definition) is 3. The first-order chi connectivity index (χ1) is 9.02. The molecule has 0 saturated carbocycles. The van der Waals surface area contributed by atoms with Gasteiger partial charge in [-0.2, -0.15) is 0 Å². The van der Waals surface area contributed by atoms with E-state index in [0.717, 1.165) is 17.5 Å². The predicted molar refractivity (Wildman–Crippen MR) is 76.1 cm³/mol. The molecule has 1 aromatic heterocycles. The third-order valence-electron chi connectivity index (χ3n) is 3.57. The molecule has 104 valence electrons. The first-order valence-electron chi connectivity index (χ1n) is 6.65. The number of methoxy groups -OCH3 is 1. The SMILES string of the molecule is COC(C)(C)CCC(O)Cn1cnc2ccccc21. The lowest BCUT2D eigenvalue weighted by Gasteiger charge is -2.24. The standard InChI is InChI=1S/C15H22N2O2/c1-15(2,19-3)9-8-12(18)10-17-11-16-13-6-4-5-7-14(13)17/h4-7,11-12,18H,8-10H2,1-3H3. The van der Waals surface area contributed by atoms with Crippen molar-refractivity contribution in [2.45, 2.75) is 44.9 Å². The van der Waals surface area contributed by atoms with Gasteiger partial charge < -0.3 is 14.4 Å². The molecular formula is C15H22N2O2. The Balaban J connectivity index is 1.97. The maximum absolute atomic E-state index is 10.1. The Morgan fingerprint density at radius 2 is 2.11 bits per heavy atom. The third-order valence-corrected chi connectivity index (χ3v) is 3.57. The largest absolute Gasteiger partial charge is 0.391 e. The van der Waals surface area contributed by atoms with Gasteiger partial charge in [0.25, 0.3) is 0 Å².